The molecule has 0 aromatic heterocycles. The van der Waals surface area contributed by atoms with Gasteiger partial charge in [-0.15, -0.1) is 0 Å². The summed E-state index contributed by atoms with van der Waals surface area (Å²) in [7, 11) is 0. The maximum Gasteiger partial charge on any atom is 0.236 e. The van der Waals surface area contributed by atoms with E-state index in [1.54, 1.807) is 0 Å². The van der Waals surface area contributed by atoms with Crippen molar-refractivity contribution in [3.8, 4) is 0 Å². The second kappa shape index (κ2) is 6.89. The molecule has 1 heterocycles. The van der Waals surface area contributed by atoms with E-state index in [4.69, 9.17) is 16.3 Å². The van der Waals surface area contributed by atoms with Crippen LogP contribution in [0.3, 0.4) is 0 Å². The number of amides is 1. The topological polar surface area (TPSA) is 41.6 Å². The van der Waals surface area contributed by atoms with E-state index < -0.39 is 0 Å². The molecule has 4 nitrogen and oxygen atoms in total. The van der Waals surface area contributed by atoms with Gasteiger partial charge in [-0.2, -0.15) is 0 Å². The summed E-state index contributed by atoms with van der Waals surface area (Å²) in [6, 6.07) is 7.79. The van der Waals surface area contributed by atoms with E-state index in [-0.39, 0.29) is 11.9 Å². The van der Waals surface area contributed by atoms with Crippen molar-refractivity contribution < 1.29 is 9.53 Å². The number of ether oxygens (including phenoxy) is 1. The van der Waals surface area contributed by atoms with Crippen LogP contribution >= 0.6 is 11.6 Å². The monoisotopic (exact) mass is 282 g/mol. The molecule has 19 heavy (non-hydrogen) atoms. The molecule has 0 spiro atoms. The lowest BCUT2D eigenvalue weighted by molar-refractivity contribution is -0.134. The summed E-state index contributed by atoms with van der Waals surface area (Å²) in [5.74, 6) is 0.129. The highest BCUT2D eigenvalue weighted by Crippen LogP contribution is 2.15. The molecule has 0 aliphatic carbocycles. The Bertz CT molecular complexity index is 416. The van der Waals surface area contributed by atoms with E-state index in [0.29, 0.717) is 32.8 Å². The number of benzene rings is 1. The highest BCUT2D eigenvalue weighted by molar-refractivity contribution is 6.30. The van der Waals surface area contributed by atoms with E-state index in [1.807, 2.05) is 36.1 Å². The van der Waals surface area contributed by atoms with Crippen LogP contribution in [0.15, 0.2) is 24.3 Å². The first kappa shape index (κ1) is 14.3. The van der Waals surface area contributed by atoms with Gasteiger partial charge >= 0.3 is 0 Å². The molecule has 0 bridgehead atoms. The Hall–Kier alpha value is -1.10. The van der Waals surface area contributed by atoms with Crippen molar-refractivity contribution in [1.82, 2.24) is 10.2 Å². The van der Waals surface area contributed by atoms with Crippen molar-refractivity contribution >= 4 is 17.5 Å². The van der Waals surface area contributed by atoms with Crippen LogP contribution in [0.2, 0.25) is 5.02 Å². The lowest BCUT2D eigenvalue weighted by atomic mass is 10.1. The lowest BCUT2D eigenvalue weighted by Crippen LogP contribution is -2.45. The number of rotatable bonds is 4. The number of nitrogens with one attached hydrogen (secondary N) is 1. The van der Waals surface area contributed by atoms with Gasteiger partial charge < -0.3 is 15.0 Å². The first-order valence-corrected chi connectivity index (χ1v) is 6.89. The Balaban J connectivity index is 1.80. The molecule has 1 aromatic carbocycles. The predicted octanol–water partition coefficient (Wildman–Crippen LogP) is 1.85. The molecule has 1 atom stereocenters. The zero-order valence-electron chi connectivity index (χ0n) is 11.1. The Morgan fingerprint density at radius 3 is 2.63 bits per heavy atom. The van der Waals surface area contributed by atoms with Gasteiger partial charge in [0, 0.05) is 24.2 Å². The van der Waals surface area contributed by atoms with E-state index in [0.717, 1.165) is 10.6 Å². The van der Waals surface area contributed by atoms with E-state index in [1.165, 1.54) is 0 Å². The first-order valence-electron chi connectivity index (χ1n) is 6.51. The SMILES string of the molecule is CC(NCC(=O)N1CCOCC1)c1ccc(Cl)cc1. The predicted molar refractivity (Wildman–Crippen MR) is 75.3 cm³/mol. The quantitative estimate of drug-likeness (QED) is 0.916. The molecule has 0 saturated carbocycles. The van der Waals surface area contributed by atoms with Crippen LogP contribution in [0.1, 0.15) is 18.5 Å². The molecule has 104 valence electrons. The van der Waals surface area contributed by atoms with Gasteiger partial charge in [-0.05, 0) is 24.6 Å². The second-order valence-electron chi connectivity index (χ2n) is 4.65. The smallest absolute Gasteiger partial charge is 0.236 e. The maximum atomic E-state index is 12.0. The van der Waals surface area contributed by atoms with Crippen molar-refractivity contribution in [2.45, 2.75) is 13.0 Å². The molecule has 1 unspecified atom stereocenters. The molecule has 5 heteroatoms. The maximum absolute atomic E-state index is 12.0. The van der Waals surface area contributed by atoms with Gasteiger partial charge in [-0.3, -0.25) is 4.79 Å². The number of morpholine rings is 1. The molecule has 1 fully saturated rings. The third kappa shape index (κ3) is 4.20. The number of halogens is 1. The van der Waals surface area contributed by atoms with Crippen molar-refractivity contribution in [1.29, 1.82) is 0 Å². The minimum atomic E-state index is 0.127. The molecular formula is C14H19ClN2O2. The molecule has 1 aliphatic rings. The first-order chi connectivity index (χ1) is 9.16. The van der Waals surface area contributed by atoms with Gasteiger partial charge in [0.25, 0.3) is 0 Å². The number of hydrogen-bond acceptors (Lipinski definition) is 3. The van der Waals surface area contributed by atoms with Gasteiger partial charge in [0.1, 0.15) is 0 Å². The average molecular weight is 283 g/mol. The molecule has 2 rings (SSSR count). The number of carbonyl (C=O) groups is 1. The summed E-state index contributed by atoms with van der Waals surface area (Å²) in [5, 5.41) is 3.96. The highest BCUT2D eigenvalue weighted by atomic mass is 35.5. The molecule has 1 amide bonds. The van der Waals surface area contributed by atoms with Crippen LogP contribution in [-0.4, -0.2) is 43.7 Å². The summed E-state index contributed by atoms with van der Waals surface area (Å²) < 4.78 is 5.23. The van der Waals surface area contributed by atoms with E-state index >= 15 is 0 Å². The van der Waals surface area contributed by atoms with E-state index in [9.17, 15) is 4.79 Å². The van der Waals surface area contributed by atoms with Gasteiger partial charge in [0.2, 0.25) is 5.91 Å². The zero-order chi connectivity index (χ0) is 13.7. The van der Waals surface area contributed by atoms with Crippen LogP contribution in [0.4, 0.5) is 0 Å². The summed E-state index contributed by atoms with van der Waals surface area (Å²) >= 11 is 5.85. The minimum absolute atomic E-state index is 0.127. The summed E-state index contributed by atoms with van der Waals surface area (Å²) in [6.45, 7) is 5.04. The van der Waals surface area contributed by atoms with Crippen LogP contribution in [0, 0.1) is 0 Å². The lowest BCUT2D eigenvalue weighted by Gasteiger charge is -2.27. The third-order valence-corrected chi connectivity index (χ3v) is 3.55. The summed E-state index contributed by atoms with van der Waals surface area (Å²) in [6.07, 6.45) is 0. The Morgan fingerprint density at radius 2 is 2.00 bits per heavy atom. The average Bonchev–Trinajstić information content (AvgIpc) is 2.46. The van der Waals surface area contributed by atoms with Crippen molar-refractivity contribution in [2.24, 2.45) is 0 Å². The zero-order valence-corrected chi connectivity index (χ0v) is 11.8. The largest absolute Gasteiger partial charge is 0.378 e. The molecule has 1 saturated heterocycles. The van der Waals surface area contributed by atoms with Crippen LogP contribution < -0.4 is 5.32 Å². The van der Waals surface area contributed by atoms with Crippen LogP contribution in [0.25, 0.3) is 0 Å². The fraction of sp³-hybridized carbons (Fsp3) is 0.500. The summed E-state index contributed by atoms with van der Waals surface area (Å²) in [4.78, 5) is 13.8. The fourth-order valence-electron chi connectivity index (χ4n) is 2.03. The molecule has 0 radical (unpaired) electrons. The Kier molecular flexibility index (Phi) is 5.19. The Labute approximate surface area is 118 Å². The molecule has 1 aromatic rings. The standard InChI is InChI=1S/C14H19ClN2O2/c1-11(12-2-4-13(15)5-3-12)16-10-14(18)17-6-8-19-9-7-17/h2-5,11,16H,6-10H2,1H3. The van der Waals surface area contributed by atoms with Gasteiger partial charge in [-0.1, -0.05) is 23.7 Å². The Morgan fingerprint density at radius 1 is 1.37 bits per heavy atom. The third-order valence-electron chi connectivity index (χ3n) is 3.29. The van der Waals surface area contributed by atoms with Gasteiger partial charge in [0.05, 0.1) is 19.8 Å². The van der Waals surface area contributed by atoms with Gasteiger partial charge in [0.15, 0.2) is 0 Å². The fourth-order valence-corrected chi connectivity index (χ4v) is 2.16. The van der Waals surface area contributed by atoms with Gasteiger partial charge in [-0.25, -0.2) is 0 Å². The van der Waals surface area contributed by atoms with Crippen molar-refractivity contribution in [3.63, 3.8) is 0 Å². The summed E-state index contributed by atoms with van der Waals surface area (Å²) in [5.41, 5.74) is 1.12. The highest BCUT2D eigenvalue weighted by Gasteiger charge is 2.17. The van der Waals surface area contributed by atoms with Crippen molar-refractivity contribution in [2.75, 3.05) is 32.8 Å². The molecular weight excluding hydrogens is 264 g/mol. The van der Waals surface area contributed by atoms with E-state index in [2.05, 4.69) is 5.32 Å². The van der Waals surface area contributed by atoms with Crippen LogP contribution in [0.5, 0.6) is 0 Å². The van der Waals surface area contributed by atoms with Crippen molar-refractivity contribution in [3.05, 3.63) is 34.9 Å². The molecule has 1 N–H and O–H groups in total. The number of hydrogen-bond donors (Lipinski definition) is 1. The van der Waals surface area contributed by atoms with Crippen LogP contribution in [-0.2, 0) is 9.53 Å². The number of carbonyl (C=O) groups excluding carboxylic acids is 1. The second-order valence-corrected chi connectivity index (χ2v) is 5.08. The normalized spacial score (nSPS) is 17.3. The molecule has 1 aliphatic heterocycles. The minimum Gasteiger partial charge on any atom is -0.378 e. The number of nitrogens with zero attached hydrogens (tertiary/aromatic N) is 1.